The molecule has 0 radical (unpaired) electrons. The van der Waals surface area contributed by atoms with Gasteiger partial charge in [0.05, 0.1) is 18.1 Å². The fraction of sp³-hybridized carbons (Fsp3) is 0.486. The summed E-state index contributed by atoms with van der Waals surface area (Å²) in [5.74, 6) is 1.05. The van der Waals surface area contributed by atoms with Crippen LogP contribution in [-0.4, -0.2) is 85.0 Å². The lowest BCUT2D eigenvalue weighted by atomic mass is 9.86. The van der Waals surface area contributed by atoms with Gasteiger partial charge in [0.15, 0.2) is 0 Å². The Bertz CT molecular complexity index is 1610. The van der Waals surface area contributed by atoms with Crippen molar-refractivity contribution >= 4 is 33.6 Å². The summed E-state index contributed by atoms with van der Waals surface area (Å²) in [6.07, 6.45) is 4.27. The maximum absolute atomic E-state index is 13.2. The summed E-state index contributed by atoms with van der Waals surface area (Å²) in [4.78, 5) is 21.1. The summed E-state index contributed by atoms with van der Waals surface area (Å²) in [5.41, 5.74) is 5.30. The number of aromatic nitrogens is 1. The Labute approximate surface area is 262 Å². The van der Waals surface area contributed by atoms with Crippen LogP contribution >= 0.6 is 0 Å². The van der Waals surface area contributed by atoms with Crippen molar-refractivity contribution in [1.82, 2.24) is 14.4 Å². The Balaban J connectivity index is 1.10. The van der Waals surface area contributed by atoms with Crippen molar-refractivity contribution in [2.24, 2.45) is 0 Å². The fourth-order valence-electron chi connectivity index (χ4n) is 7.18. The van der Waals surface area contributed by atoms with Crippen LogP contribution in [0.1, 0.15) is 51.7 Å². The maximum Gasteiger partial charge on any atom is 0.419 e. The van der Waals surface area contributed by atoms with Gasteiger partial charge in [-0.25, -0.2) is 9.36 Å². The van der Waals surface area contributed by atoms with Gasteiger partial charge in [-0.15, -0.1) is 0 Å². The minimum Gasteiger partial charge on any atom is -0.496 e. The number of para-hydroxylation sites is 1. The van der Waals surface area contributed by atoms with Gasteiger partial charge in [0.1, 0.15) is 11.4 Å². The molecule has 1 saturated heterocycles. The van der Waals surface area contributed by atoms with Crippen LogP contribution in [0.25, 0.3) is 21.8 Å². The molecule has 1 aliphatic heterocycles. The average molecular weight is 597 g/mol. The quantitative estimate of drug-likeness (QED) is 0.219. The van der Waals surface area contributed by atoms with Gasteiger partial charge in [-0.3, -0.25) is 9.80 Å². The van der Waals surface area contributed by atoms with Crippen LogP contribution in [0.2, 0.25) is 0 Å². The van der Waals surface area contributed by atoms with Crippen LogP contribution in [-0.2, 0) is 17.6 Å². The lowest BCUT2D eigenvalue weighted by molar-refractivity contribution is 0.0551. The highest BCUT2D eigenvalue weighted by Crippen LogP contribution is 2.34. The second-order valence-corrected chi connectivity index (χ2v) is 13.4. The molecule has 1 fully saturated rings. The third-order valence-electron chi connectivity index (χ3n) is 9.33. The molecule has 7 heteroatoms. The molecule has 7 nitrogen and oxygen atoms in total. The van der Waals surface area contributed by atoms with E-state index in [0.29, 0.717) is 6.04 Å². The molecule has 234 valence electrons. The number of piperazine rings is 1. The Morgan fingerprint density at radius 3 is 2.45 bits per heavy atom. The zero-order valence-electron chi connectivity index (χ0n) is 27.1. The number of hydrogen-bond acceptors (Lipinski definition) is 6. The fourth-order valence-corrected chi connectivity index (χ4v) is 7.18. The summed E-state index contributed by atoms with van der Waals surface area (Å²) in [6, 6.07) is 21.8. The monoisotopic (exact) mass is 596 g/mol. The van der Waals surface area contributed by atoms with Crippen molar-refractivity contribution in [3.8, 4) is 5.75 Å². The SMILES string of the molecule is CCCN(CCN1CCN(c2ccc3c(c2)c2ccccc2n3C(=O)OC(C)(C)C)CC1)C1CCc2c(cccc2OC)C1. The molecule has 0 amide bonds. The molecule has 0 saturated carbocycles. The third kappa shape index (κ3) is 6.31. The molecule has 1 aromatic heterocycles. The lowest BCUT2D eigenvalue weighted by Crippen LogP contribution is -2.50. The molecule has 1 unspecified atom stereocenters. The first-order valence-corrected chi connectivity index (χ1v) is 16.4. The van der Waals surface area contributed by atoms with E-state index in [1.807, 2.05) is 39.0 Å². The summed E-state index contributed by atoms with van der Waals surface area (Å²) in [6.45, 7) is 15.5. The minimum atomic E-state index is -0.558. The normalized spacial score (nSPS) is 17.8. The number of rotatable bonds is 8. The highest BCUT2D eigenvalue weighted by Gasteiger charge is 2.27. The molecule has 4 aromatic rings. The number of methoxy groups -OCH3 is 1. The first-order chi connectivity index (χ1) is 21.3. The van der Waals surface area contributed by atoms with Crippen molar-refractivity contribution in [3.05, 3.63) is 71.8 Å². The summed E-state index contributed by atoms with van der Waals surface area (Å²) < 4.78 is 13.1. The van der Waals surface area contributed by atoms with Gasteiger partial charge in [-0.05, 0) is 94.5 Å². The largest absolute Gasteiger partial charge is 0.496 e. The van der Waals surface area contributed by atoms with E-state index in [1.165, 1.54) is 29.7 Å². The molecule has 1 aliphatic carbocycles. The van der Waals surface area contributed by atoms with Gasteiger partial charge >= 0.3 is 6.09 Å². The van der Waals surface area contributed by atoms with E-state index >= 15 is 0 Å². The van der Waals surface area contributed by atoms with Crippen LogP contribution < -0.4 is 9.64 Å². The lowest BCUT2D eigenvalue weighted by Gasteiger charge is -2.39. The third-order valence-corrected chi connectivity index (χ3v) is 9.33. The number of carbonyl (C=O) groups is 1. The number of benzene rings is 3. The summed E-state index contributed by atoms with van der Waals surface area (Å²) in [7, 11) is 1.79. The zero-order chi connectivity index (χ0) is 30.8. The molecule has 6 rings (SSSR count). The van der Waals surface area contributed by atoms with E-state index in [2.05, 4.69) is 64.1 Å². The maximum atomic E-state index is 13.2. The zero-order valence-corrected chi connectivity index (χ0v) is 27.1. The van der Waals surface area contributed by atoms with Gasteiger partial charge in [0.25, 0.3) is 0 Å². The predicted octanol–water partition coefficient (Wildman–Crippen LogP) is 6.98. The Morgan fingerprint density at radius 2 is 1.70 bits per heavy atom. The number of anilines is 1. The topological polar surface area (TPSA) is 50.2 Å². The van der Waals surface area contributed by atoms with E-state index in [4.69, 9.17) is 9.47 Å². The number of nitrogens with zero attached hydrogens (tertiary/aromatic N) is 4. The van der Waals surface area contributed by atoms with E-state index in [0.717, 1.165) is 86.2 Å². The van der Waals surface area contributed by atoms with Gasteiger partial charge in [0.2, 0.25) is 0 Å². The van der Waals surface area contributed by atoms with Gasteiger partial charge < -0.3 is 14.4 Å². The molecule has 2 heterocycles. The van der Waals surface area contributed by atoms with Gasteiger partial charge in [0, 0.05) is 61.8 Å². The molecule has 2 aliphatic rings. The molecule has 44 heavy (non-hydrogen) atoms. The van der Waals surface area contributed by atoms with Crippen molar-refractivity contribution < 1.29 is 14.3 Å². The van der Waals surface area contributed by atoms with Gasteiger partial charge in [-0.1, -0.05) is 37.3 Å². The summed E-state index contributed by atoms with van der Waals surface area (Å²) >= 11 is 0. The molecule has 3 aromatic carbocycles. The van der Waals surface area contributed by atoms with Crippen molar-refractivity contribution in [1.29, 1.82) is 0 Å². The van der Waals surface area contributed by atoms with Crippen LogP contribution in [0.4, 0.5) is 10.5 Å². The number of fused-ring (bicyclic) bond motifs is 4. The second-order valence-electron chi connectivity index (χ2n) is 13.4. The smallest absolute Gasteiger partial charge is 0.419 e. The van der Waals surface area contributed by atoms with E-state index < -0.39 is 5.60 Å². The van der Waals surface area contributed by atoms with E-state index in [1.54, 1.807) is 11.7 Å². The first kappa shape index (κ1) is 30.5. The standard InChI is InChI=1S/C37H48N4O3/c1-6-18-39(28-14-16-30-27(25-28)10-9-13-35(30)43-5)22-19-38-20-23-40(24-21-38)29-15-17-34-32(26-29)31-11-7-8-12-33(31)41(34)36(42)44-37(2,3)4/h7-13,15,17,26,28H,6,14,16,18-25H2,1-5H3. The highest BCUT2D eigenvalue weighted by molar-refractivity contribution is 6.13. The molecular weight excluding hydrogens is 548 g/mol. The average Bonchev–Trinajstić information content (AvgIpc) is 3.36. The molecule has 0 bridgehead atoms. The number of carbonyl (C=O) groups excluding carboxylic acids is 1. The molecule has 1 atom stereocenters. The van der Waals surface area contributed by atoms with Gasteiger partial charge in [-0.2, -0.15) is 0 Å². The van der Waals surface area contributed by atoms with Crippen molar-refractivity contribution in [3.63, 3.8) is 0 Å². The van der Waals surface area contributed by atoms with Crippen LogP contribution in [0, 0.1) is 0 Å². The predicted molar refractivity (Wildman–Crippen MR) is 180 cm³/mol. The van der Waals surface area contributed by atoms with Crippen molar-refractivity contribution in [2.45, 2.75) is 65.0 Å². The second kappa shape index (κ2) is 12.8. The highest BCUT2D eigenvalue weighted by atomic mass is 16.6. The van der Waals surface area contributed by atoms with Crippen LogP contribution in [0.5, 0.6) is 5.75 Å². The Kier molecular flexibility index (Phi) is 8.88. The first-order valence-electron chi connectivity index (χ1n) is 16.4. The Morgan fingerprint density at radius 1 is 0.932 bits per heavy atom. The molecular formula is C37H48N4O3. The van der Waals surface area contributed by atoms with E-state index in [-0.39, 0.29) is 6.09 Å². The number of hydrogen-bond donors (Lipinski definition) is 0. The minimum absolute atomic E-state index is 0.334. The van der Waals surface area contributed by atoms with Crippen LogP contribution in [0.3, 0.4) is 0 Å². The summed E-state index contributed by atoms with van der Waals surface area (Å²) in [5, 5.41) is 2.17. The molecule has 0 N–H and O–H groups in total. The van der Waals surface area contributed by atoms with E-state index in [9.17, 15) is 4.79 Å². The molecule has 0 spiro atoms. The van der Waals surface area contributed by atoms with Crippen molar-refractivity contribution in [2.75, 3.05) is 57.8 Å². The Hall–Kier alpha value is -3.55. The number of ether oxygens (including phenoxy) is 2. The van der Waals surface area contributed by atoms with Crippen LogP contribution in [0.15, 0.2) is 60.7 Å².